The summed E-state index contributed by atoms with van der Waals surface area (Å²) >= 11 is 0. The van der Waals surface area contributed by atoms with Crippen molar-refractivity contribution in [3.8, 4) is 11.3 Å². The maximum Gasteiger partial charge on any atom is 0.294 e. The van der Waals surface area contributed by atoms with Gasteiger partial charge in [-0.15, -0.1) is 0 Å². The monoisotopic (exact) mass is 231 g/mol. The molecule has 3 aromatic rings. The van der Waals surface area contributed by atoms with Crippen molar-refractivity contribution in [1.82, 2.24) is 15.4 Å². The molecule has 1 N–H and O–H groups in total. The van der Waals surface area contributed by atoms with Gasteiger partial charge in [0.05, 0.1) is 5.39 Å². The van der Waals surface area contributed by atoms with Crippen LogP contribution in [0, 0.1) is 5.82 Å². The normalized spacial score (nSPS) is 10.9. The average Bonchev–Trinajstić information content (AvgIpc) is 2.79. The number of aromatic nitrogens is 3. The van der Waals surface area contributed by atoms with E-state index in [1.54, 1.807) is 12.1 Å². The molecule has 17 heavy (non-hydrogen) atoms. The number of hydrogen-bond donors (Lipinski definition) is 1. The molecule has 0 aliphatic rings. The third kappa shape index (κ3) is 1.50. The number of benzene rings is 1. The summed E-state index contributed by atoms with van der Waals surface area (Å²) in [5.74, 6) is -0.375. The summed E-state index contributed by atoms with van der Waals surface area (Å²) in [6.07, 6.45) is 1.32. The number of hydrogen-bond acceptors (Lipinski definition) is 4. The molecule has 0 bridgehead atoms. The van der Waals surface area contributed by atoms with E-state index < -0.39 is 5.56 Å². The van der Waals surface area contributed by atoms with E-state index in [4.69, 9.17) is 4.52 Å². The van der Waals surface area contributed by atoms with Gasteiger partial charge >= 0.3 is 0 Å². The van der Waals surface area contributed by atoms with Crippen molar-refractivity contribution in [1.29, 1.82) is 0 Å². The first-order valence-electron chi connectivity index (χ1n) is 4.84. The second-order valence-electron chi connectivity index (χ2n) is 3.49. The van der Waals surface area contributed by atoms with Crippen LogP contribution in [0.3, 0.4) is 0 Å². The van der Waals surface area contributed by atoms with E-state index in [0.717, 1.165) is 0 Å². The van der Waals surface area contributed by atoms with Crippen LogP contribution in [0.15, 0.2) is 39.8 Å². The fourth-order valence-electron chi connectivity index (χ4n) is 1.64. The van der Waals surface area contributed by atoms with Crippen LogP contribution in [0.5, 0.6) is 0 Å². The van der Waals surface area contributed by atoms with Crippen LogP contribution in [0.2, 0.25) is 0 Å². The number of fused-ring (bicyclic) bond motifs is 1. The van der Waals surface area contributed by atoms with Crippen LogP contribution in [-0.4, -0.2) is 15.4 Å². The molecule has 0 saturated heterocycles. The molecular formula is C11H6FN3O2. The molecule has 1 aromatic carbocycles. The lowest BCUT2D eigenvalue weighted by molar-refractivity contribution is 0.428. The highest BCUT2D eigenvalue weighted by molar-refractivity contribution is 5.90. The quantitative estimate of drug-likeness (QED) is 0.692. The second kappa shape index (κ2) is 3.51. The predicted octanol–water partition coefficient (Wildman–Crippen LogP) is 1.72. The Kier molecular flexibility index (Phi) is 2.01. The Hall–Kier alpha value is -2.50. The standard InChI is InChI=1S/C11H6FN3O2/c12-7-3-1-2-6(4-7)9-8-5-17-15-10(8)11(16)14-13-9/h1-5H,(H,14,16). The Morgan fingerprint density at radius 3 is 3.06 bits per heavy atom. The molecule has 2 heterocycles. The average molecular weight is 231 g/mol. The molecule has 2 aromatic heterocycles. The minimum Gasteiger partial charge on any atom is -0.363 e. The number of nitrogens with one attached hydrogen (secondary N) is 1. The van der Waals surface area contributed by atoms with E-state index in [1.807, 2.05) is 0 Å². The predicted molar refractivity (Wildman–Crippen MR) is 57.8 cm³/mol. The van der Waals surface area contributed by atoms with Crippen LogP contribution in [-0.2, 0) is 0 Å². The maximum atomic E-state index is 13.1. The van der Waals surface area contributed by atoms with Crippen molar-refractivity contribution in [2.75, 3.05) is 0 Å². The molecule has 0 amide bonds. The second-order valence-corrected chi connectivity index (χ2v) is 3.49. The van der Waals surface area contributed by atoms with Gasteiger partial charge in [0.25, 0.3) is 5.56 Å². The van der Waals surface area contributed by atoms with Crippen molar-refractivity contribution in [3.05, 3.63) is 46.7 Å². The smallest absolute Gasteiger partial charge is 0.294 e. The molecule has 84 valence electrons. The Morgan fingerprint density at radius 2 is 2.24 bits per heavy atom. The summed E-state index contributed by atoms with van der Waals surface area (Å²) < 4.78 is 17.9. The summed E-state index contributed by atoms with van der Waals surface area (Å²) in [5, 5.41) is 10.2. The van der Waals surface area contributed by atoms with Crippen LogP contribution in [0.25, 0.3) is 22.2 Å². The van der Waals surface area contributed by atoms with Gasteiger partial charge in [0.1, 0.15) is 17.8 Å². The highest BCUT2D eigenvalue weighted by Crippen LogP contribution is 2.23. The fourth-order valence-corrected chi connectivity index (χ4v) is 1.64. The van der Waals surface area contributed by atoms with E-state index in [1.165, 1.54) is 18.4 Å². The highest BCUT2D eigenvalue weighted by Gasteiger charge is 2.12. The summed E-state index contributed by atoms with van der Waals surface area (Å²) in [5.41, 5.74) is 0.697. The Labute approximate surface area is 93.9 Å². The molecule has 0 radical (unpaired) electrons. The van der Waals surface area contributed by atoms with E-state index >= 15 is 0 Å². The number of halogens is 1. The zero-order valence-electron chi connectivity index (χ0n) is 8.48. The molecule has 0 atom stereocenters. The van der Waals surface area contributed by atoms with Crippen molar-refractivity contribution < 1.29 is 8.91 Å². The largest absolute Gasteiger partial charge is 0.363 e. The van der Waals surface area contributed by atoms with Gasteiger partial charge in [-0.2, -0.15) is 5.10 Å². The van der Waals surface area contributed by atoms with Crippen LogP contribution in [0.4, 0.5) is 4.39 Å². The van der Waals surface area contributed by atoms with Crippen LogP contribution < -0.4 is 5.56 Å². The van der Waals surface area contributed by atoms with Gasteiger partial charge < -0.3 is 4.52 Å². The molecule has 0 aliphatic carbocycles. The van der Waals surface area contributed by atoms with Crippen LogP contribution in [0.1, 0.15) is 0 Å². The molecule has 0 unspecified atom stereocenters. The Bertz CT molecular complexity index is 748. The van der Waals surface area contributed by atoms with E-state index in [9.17, 15) is 9.18 Å². The van der Waals surface area contributed by atoms with Gasteiger partial charge in [-0.3, -0.25) is 4.79 Å². The first-order valence-corrected chi connectivity index (χ1v) is 4.84. The van der Waals surface area contributed by atoms with E-state index in [2.05, 4.69) is 15.4 Å². The number of H-pyrrole nitrogens is 1. The number of rotatable bonds is 1. The summed E-state index contributed by atoms with van der Waals surface area (Å²) in [4.78, 5) is 11.4. The first kappa shape index (κ1) is 9.71. The van der Waals surface area contributed by atoms with Crippen molar-refractivity contribution in [2.45, 2.75) is 0 Å². The molecular weight excluding hydrogens is 225 g/mol. The highest BCUT2D eigenvalue weighted by atomic mass is 19.1. The zero-order valence-corrected chi connectivity index (χ0v) is 8.48. The van der Waals surface area contributed by atoms with Gasteiger partial charge in [0.15, 0.2) is 5.52 Å². The lowest BCUT2D eigenvalue weighted by Crippen LogP contribution is -2.09. The molecule has 3 rings (SSSR count). The van der Waals surface area contributed by atoms with Gasteiger partial charge in [0.2, 0.25) is 0 Å². The molecule has 6 heteroatoms. The van der Waals surface area contributed by atoms with Gasteiger partial charge in [-0.1, -0.05) is 17.3 Å². The minimum absolute atomic E-state index is 0.152. The molecule has 0 fully saturated rings. The third-order valence-electron chi connectivity index (χ3n) is 2.41. The van der Waals surface area contributed by atoms with Crippen molar-refractivity contribution >= 4 is 10.9 Å². The molecule has 0 saturated carbocycles. The third-order valence-corrected chi connectivity index (χ3v) is 2.41. The molecule has 0 aliphatic heterocycles. The summed E-state index contributed by atoms with van der Waals surface area (Å²) in [7, 11) is 0. The van der Waals surface area contributed by atoms with Gasteiger partial charge in [-0.05, 0) is 12.1 Å². The van der Waals surface area contributed by atoms with E-state index in [-0.39, 0.29) is 11.3 Å². The number of aromatic amines is 1. The SMILES string of the molecule is O=c1[nH]nc(-c2cccc(F)c2)c2conc12. The summed E-state index contributed by atoms with van der Waals surface area (Å²) in [6.45, 7) is 0. The first-order chi connectivity index (χ1) is 8.25. The van der Waals surface area contributed by atoms with Crippen molar-refractivity contribution in [3.63, 3.8) is 0 Å². The van der Waals surface area contributed by atoms with Gasteiger partial charge in [-0.25, -0.2) is 9.49 Å². The van der Waals surface area contributed by atoms with Crippen LogP contribution >= 0.6 is 0 Å². The van der Waals surface area contributed by atoms with Crippen molar-refractivity contribution in [2.24, 2.45) is 0 Å². The zero-order chi connectivity index (χ0) is 11.8. The topological polar surface area (TPSA) is 71.8 Å². The molecule has 0 spiro atoms. The lowest BCUT2D eigenvalue weighted by atomic mass is 10.1. The fraction of sp³-hybridized carbons (Fsp3) is 0. The lowest BCUT2D eigenvalue weighted by Gasteiger charge is -2.00. The Balaban J connectivity index is 2.35. The maximum absolute atomic E-state index is 13.1. The minimum atomic E-state index is -0.436. The summed E-state index contributed by atoms with van der Waals surface area (Å²) in [6, 6.07) is 5.92. The Morgan fingerprint density at radius 1 is 1.35 bits per heavy atom. The van der Waals surface area contributed by atoms with E-state index in [0.29, 0.717) is 16.6 Å². The molecule has 5 nitrogen and oxygen atoms in total. The van der Waals surface area contributed by atoms with Gasteiger partial charge in [0, 0.05) is 5.56 Å². The number of nitrogens with zero attached hydrogens (tertiary/aromatic N) is 2.